The second kappa shape index (κ2) is 5.58. The number of aryl methyl sites for hydroxylation is 1. The lowest BCUT2D eigenvalue weighted by atomic mass is 10.3. The van der Waals surface area contributed by atoms with Gasteiger partial charge in [0.1, 0.15) is 6.10 Å². The van der Waals surface area contributed by atoms with Crippen LogP contribution in [-0.2, 0) is 13.6 Å². The van der Waals surface area contributed by atoms with E-state index in [9.17, 15) is 4.39 Å². The van der Waals surface area contributed by atoms with Crippen LogP contribution in [0, 0.1) is 5.95 Å². The average molecular weight is 276 g/mol. The molecule has 1 aliphatic rings. The minimum Gasteiger partial charge on any atom is -0.473 e. The molecule has 1 atom stereocenters. The molecule has 1 unspecified atom stereocenters. The van der Waals surface area contributed by atoms with Crippen LogP contribution in [0.4, 0.5) is 4.39 Å². The Morgan fingerprint density at radius 1 is 1.45 bits per heavy atom. The molecule has 2 aromatic heterocycles. The predicted octanol–water partition coefficient (Wildman–Crippen LogP) is 1.61. The fourth-order valence-corrected chi connectivity index (χ4v) is 2.43. The number of likely N-dealkylation sites (tertiary alicyclic amines) is 1. The van der Waals surface area contributed by atoms with E-state index in [2.05, 4.69) is 14.9 Å². The highest BCUT2D eigenvalue weighted by atomic mass is 19.1. The van der Waals surface area contributed by atoms with Crippen LogP contribution < -0.4 is 4.74 Å². The molecular weight excluding hydrogens is 259 g/mol. The molecule has 0 spiro atoms. The topological polar surface area (TPSA) is 43.2 Å². The van der Waals surface area contributed by atoms with Gasteiger partial charge in [-0.05, 0) is 12.5 Å². The molecule has 0 amide bonds. The zero-order valence-electron chi connectivity index (χ0n) is 11.4. The first kappa shape index (κ1) is 13.1. The minimum atomic E-state index is -0.507. The van der Waals surface area contributed by atoms with Crippen molar-refractivity contribution in [1.29, 1.82) is 0 Å². The third-order valence-corrected chi connectivity index (χ3v) is 3.51. The number of imidazole rings is 1. The number of ether oxygens (including phenoxy) is 1. The Morgan fingerprint density at radius 3 is 3.10 bits per heavy atom. The highest BCUT2D eigenvalue weighted by Gasteiger charge is 2.24. The summed E-state index contributed by atoms with van der Waals surface area (Å²) < 4.78 is 20.7. The molecule has 0 aliphatic carbocycles. The van der Waals surface area contributed by atoms with E-state index in [-0.39, 0.29) is 6.10 Å². The van der Waals surface area contributed by atoms with Gasteiger partial charge in [0.15, 0.2) is 0 Å². The minimum absolute atomic E-state index is 0.0672. The predicted molar refractivity (Wildman–Crippen MR) is 71.7 cm³/mol. The third-order valence-electron chi connectivity index (χ3n) is 3.51. The van der Waals surface area contributed by atoms with Gasteiger partial charge in [0.05, 0.1) is 12.0 Å². The van der Waals surface area contributed by atoms with Crippen molar-refractivity contribution < 1.29 is 9.13 Å². The Labute approximate surface area is 117 Å². The summed E-state index contributed by atoms with van der Waals surface area (Å²) in [4.78, 5) is 10.2. The molecule has 106 valence electrons. The fraction of sp³-hybridized carbons (Fsp3) is 0.429. The van der Waals surface area contributed by atoms with E-state index >= 15 is 0 Å². The lowest BCUT2D eigenvalue weighted by Gasteiger charge is -2.16. The van der Waals surface area contributed by atoms with Crippen molar-refractivity contribution in [3.63, 3.8) is 0 Å². The molecule has 3 rings (SSSR count). The van der Waals surface area contributed by atoms with E-state index in [0.717, 1.165) is 26.1 Å². The molecule has 1 aliphatic heterocycles. The number of hydrogen-bond acceptors (Lipinski definition) is 4. The zero-order chi connectivity index (χ0) is 13.9. The molecule has 0 saturated carbocycles. The number of pyridine rings is 1. The lowest BCUT2D eigenvalue weighted by Crippen LogP contribution is -2.25. The van der Waals surface area contributed by atoms with Gasteiger partial charge in [-0.1, -0.05) is 6.07 Å². The standard InChI is InChI=1S/C14H17FN4O/c1-18-10-16-7-11(18)8-19-6-5-12(9-19)20-14-4-2-3-13(15)17-14/h2-4,7,10,12H,5-6,8-9H2,1H3. The van der Waals surface area contributed by atoms with E-state index in [4.69, 9.17) is 4.74 Å². The van der Waals surface area contributed by atoms with E-state index < -0.39 is 5.95 Å². The zero-order valence-corrected chi connectivity index (χ0v) is 11.4. The Morgan fingerprint density at radius 2 is 2.35 bits per heavy atom. The van der Waals surface area contributed by atoms with Crippen LogP contribution >= 0.6 is 0 Å². The van der Waals surface area contributed by atoms with Gasteiger partial charge < -0.3 is 9.30 Å². The van der Waals surface area contributed by atoms with Gasteiger partial charge in [-0.3, -0.25) is 4.90 Å². The van der Waals surface area contributed by atoms with Gasteiger partial charge in [0.2, 0.25) is 11.8 Å². The second-order valence-corrected chi connectivity index (χ2v) is 5.06. The van der Waals surface area contributed by atoms with Crippen LogP contribution in [0.2, 0.25) is 0 Å². The first-order valence-corrected chi connectivity index (χ1v) is 6.67. The van der Waals surface area contributed by atoms with Gasteiger partial charge in [0.25, 0.3) is 0 Å². The summed E-state index contributed by atoms with van der Waals surface area (Å²) in [6.45, 7) is 2.64. The van der Waals surface area contributed by atoms with Crippen molar-refractivity contribution in [3.8, 4) is 5.88 Å². The Balaban J connectivity index is 1.56. The smallest absolute Gasteiger partial charge is 0.216 e. The SMILES string of the molecule is Cn1cncc1CN1CCC(Oc2cccc(F)n2)C1. The van der Waals surface area contributed by atoms with Crippen LogP contribution in [0.15, 0.2) is 30.7 Å². The molecular formula is C14H17FN4O. The maximum Gasteiger partial charge on any atom is 0.216 e. The molecule has 0 radical (unpaired) electrons. The summed E-state index contributed by atoms with van der Waals surface area (Å²) in [5, 5.41) is 0. The summed E-state index contributed by atoms with van der Waals surface area (Å²) in [5.74, 6) is -0.148. The van der Waals surface area contributed by atoms with Crippen LogP contribution in [0.1, 0.15) is 12.1 Å². The summed E-state index contributed by atoms with van der Waals surface area (Å²) in [6, 6.07) is 4.61. The van der Waals surface area contributed by atoms with Crippen molar-refractivity contribution >= 4 is 0 Å². The summed E-state index contributed by atoms with van der Waals surface area (Å²) >= 11 is 0. The van der Waals surface area contributed by atoms with Crippen molar-refractivity contribution in [2.75, 3.05) is 13.1 Å². The quantitative estimate of drug-likeness (QED) is 0.796. The van der Waals surface area contributed by atoms with Gasteiger partial charge in [-0.15, -0.1) is 0 Å². The first-order valence-electron chi connectivity index (χ1n) is 6.67. The van der Waals surface area contributed by atoms with Gasteiger partial charge in [-0.25, -0.2) is 4.98 Å². The first-order chi connectivity index (χ1) is 9.70. The van der Waals surface area contributed by atoms with Crippen LogP contribution in [0.25, 0.3) is 0 Å². The molecule has 0 aromatic carbocycles. The summed E-state index contributed by atoms with van der Waals surface area (Å²) in [5.41, 5.74) is 1.18. The Hall–Kier alpha value is -1.95. The molecule has 20 heavy (non-hydrogen) atoms. The van der Waals surface area contributed by atoms with Crippen LogP contribution in [-0.4, -0.2) is 38.6 Å². The monoisotopic (exact) mass is 276 g/mol. The Bertz CT molecular complexity index is 586. The second-order valence-electron chi connectivity index (χ2n) is 5.06. The number of hydrogen-bond donors (Lipinski definition) is 0. The van der Waals surface area contributed by atoms with Gasteiger partial charge >= 0.3 is 0 Å². The van der Waals surface area contributed by atoms with Gasteiger partial charge in [-0.2, -0.15) is 9.37 Å². The maximum absolute atomic E-state index is 13.0. The molecule has 2 aromatic rings. The third kappa shape index (κ3) is 2.96. The van der Waals surface area contributed by atoms with Crippen LogP contribution in [0.5, 0.6) is 5.88 Å². The molecule has 6 heteroatoms. The van der Waals surface area contributed by atoms with E-state index in [1.54, 1.807) is 18.5 Å². The van der Waals surface area contributed by atoms with E-state index in [0.29, 0.717) is 5.88 Å². The molecule has 1 fully saturated rings. The van der Waals surface area contributed by atoms with Crippen molar-refractivity contribution in [2.45, 2.75) is 19.1 Å². The van der Waals surface area contributed by atoms with Crippen molar-refractivity contribution in [3.05, 3.63) is 42.4 Å². The molecule has 3 heterocycles. The van der Waals surface area contributed by atoms with E-state index in [1.165, 1.54) is 11.8 Å². The summed E-state index contributed by atoms with van der Waals surface area (Å²) in [6.07, 6.45) is 4.67. The fourth-order valence-electron chi connectivity index (χ4n) is 2.43. The van der Waals surface area contributed by atoms with E-state index in [1.807, 2.05) is 17.8 Å². The van der Waals surface area contributed by atoms with Crippen LogP contribution in [0.3, 0.4) is 0 Å². The molecule has 0 N–H and O–H groups in total. The number of rotatable bonds is 4. The normalized spacial score (nSPS) is 19.4. The molecule has 0 bridgehead atoms. The molecule has 1 saturated heterocycles. The number of halogens is 1. The number of nitrogens with zero attached hydrogens (tertiary/aromatic N) is 4. The lowest BCUT2D eigenvalue weighted by molar-refractivity contribution is 0.188. The average Bonchev–Trinajstić information content (AvgIpc) is 3.01. The Kier molecular flexibility index (Phi) is 3.64. The summed E-state index contributed by atoms with van der Waals surface area (Å²) in [7, 11) is 1.99. The maximum atomic E-state index is 13.0. The van der Waals surface area contributed by atoms with Crippen molar-refractivity contribution in [2.24, 2.45) is 7.05 Å². The highest BCUT2D eigenvalue weighted by molar-refractivity contribution is 5.11. The molecule has 5 nitrogen and oxygen atoms in total. The highest BCUT2D eigenvalue weighted by Crippen LogP contribution is 2.18. The van der Waals surface area contributed by atoms with Gasteiger partial charge in [0, 0.05) is 38.9 Å². The largest absolute Gasteiger partial charge is 0.473 e. The van der Waals surface area contributed by atoms with Crippen molar-refractivity contribution in [1.82, 2.24) is 19.4 Å². The number of aromatic nitrogens is 3.